The van der Waals surface area contributed by atoms with Crippen LogP contribution in [0.15, 0.2) is 18.2 Å². The maximum absolute atomic E-state index is 6.45. The van der Waals surface area contributed by atoms with Gasteiger partial charge in [0.2, 0.25) is 0 Å². The summed E-state index contributed by atoms with van der Waals surface area (Å²) in [5.41, 5.74) is 7.59. The molecule has 3 heteroatoms. The Morgan fingerprint density at radius 1 is 1.30 bits per heavy atom. The smallest absolute Gasteiger partial charge is 0.122 e. The maximum Gasteiger partial charge on any atom is 0.122 e. The van der Waals surface area contributed by atoms with Gasteiger partial charge in [0.05, 0.1) is 7.11 Å². The molecule has 0 aromatic heterocycles. The lowest BCUT2D eigenvalue weighted by atomic mass is 9.63. The highest BCUT2D eigenvalue weighted by atomic mass is 35.5. The summed E-state index contributed by atoms with van der Waals surface area (Å²) in [6, 6.07) is 6.11. The third-order valence-electron chi connectivity index (χ3n) is 4.94. The van der Waals surface area contributed by atoms with Gasteiger partial charge in [0, 0.05) is 16.6 Å². The molecule has 3 atom stereocenters. The van der Waals surface area contributed by atoms with Crippen LogP contribution in [0, 0.1) is 11.8 Å². The second-order valence-corrected chi connectivity index (χ2v) is 7.19. The first-order chi connectivity index (χ1) is 9.36. The minimum atomic E-state index is -0.0319. The van der Waals surface area contributed by atoms with Crippen molar-refractivity contribution < 1.29 is 4.74 Å². The Morgan fingerprint density at radius 3 is 2.60 bits per heavy atom. The molecule has 1 aliphatic rings. The molecule has 2 nitrogen and oxygen atoms in total. The van der Waals surface area contributed by atoms with Crippen molar-refractivity contribution in [2.45, 2.75) is 51.5 Å². The molecule has 0 bridgehead atoms. The number of methoxy groups -OCH3 is 1. The van der Waals surface area contributed by atoms with E-state index in [1.165, 1.54) is 18.4 Å². The van der Waals surface area contributed by atoms with E-state index in [0.717, 1.165) is 23.1 Å². The van der Waals surface area contributed by atoms with Gasteiger partial charge in [-0.2, -0.15) is 0 Å². The monoisotopic (exact) mass is 295 g/mol. The largest absolute Gasteiger partial charge is 0.496 e. The fourth-order valence-corrected chi connectivity index (χ4v) is 3.88. The SMILES string of the molecule is COc1ccc(Cl)cc1C(C)(C)C1CCC(C)CC1N. The second-order valence-electron chi connectivity index (χ2n) is 6.75. The summed E-state index contributed by atoms with van der Waals surface area (Å²) in [6.45, 7) is 6.83. The zero-order valence-electron chi connectivity index (χ0n) is 12.9. The summed E-state index contributed by atoms with van der Waals surface area (Å²) in [7, 11) is 1.71. The highest BCUT2D eigenvalue weighted by Gasteiger charge is 2.39. The Balaban J connectivity index is 2.36. The van der Waals surface area contributed by atoms with Crippen molar-refractivity contribution >= 4 is 11.6 Å². The zero-order valence-corrected chi connectivity index (χ0v) is 13.7. The molecule has 2 rings (SSSR count). The Labute approximate surface area is 127 Å². The fourth-order valence-electron chi connectivity index (χ4n) is 3.70. The summed E-state index contributed by atoms with van der Waals surface area (Å²) in [4.78, 5) is 0. The predicted octanol–water partition coefficient (Wildman–Crippen LogP) is 4.39. The molecule has 20 heavy (non-hydrogen) atoms. The number of ether oxygens (including phenoxy) is 1. The summed E-state index contributed by atoms with van der Waals surface area (Å²) in [5, 5.41) is 0.756. The van der Waals surface area contributed by atoms with Crippen molar-refractivity contribution in [3.8, 4) is 5.75 Å². The Hall–Kier alpha value is -0.730. The Kier molecular flexibility index (Phi) is 4.66. The van der Waals surface area contributed by atoms with Crippen LogP contribution in [0.25, 0.3) is 0 Å². The van der Waals surface area contributed by atoms with Crippen LogP contribution in [0.3, 0.4) is 0 Å². The number of halogens is 1. The summed E-state index contributed by atoms with van der Waals surface area (Å²) in [6.07, 6.45) is 3.53. The molecule has 0 spiro atoms. The van der Waals surface area contributed by atoms with Gasteiger partial charge in [-0.25, -0.2) is 0 Å². The molecular weight excluding hydrogens is 270 g/mol. The maximum atomic E-state index is 6.45. The van der Waals surface area contributed by atoms with Gasteiger partial charge in [-0.3, -0.25) is 0 Å². The van der Waals surface area contributed by atoms with Crippen molar-refractivity contribution in [2.75, 3.05) is 7.11 Å². The first kappa shape index (κ1) is 15.7. The normalized spacial score (nSPS) is 27.4. The molecule has 3 unspecified atom stereocenters. The van der Waals surface area contributed by atoms with Gasteiger partial charge in [0.15, 0.2) is 0 Å². The molecule has 2 N–H and O–H groups in total. The lowest BCUT2D eigenvalue weighted by molar-refractivity contribution is 0.168. The van der Waals surface area contributed by atoms with Crippen molar-refractivity contribution in [3.63, 3.8) is 0 Å². The van der Waals surface area contributed by atoms with Gasteiger partial charge in [-0.1, -0.05) is 38.8 Å². The van der Waals surface area contributed by atoms with Crippen molar-refractivity contribution in [1.82, 2.24) is 0 Å². The minimum Gasteiger partial charge on any atom is -0.496 e. The van der Waals surface area contributed by atoms with Crippen LogP contribution >= 0.6 is 11.6 Å². The first-order valence-corrected chi connectivity index (χ1v) is 7.83. The molecule has 112 valence electrons. The van der Waals surface area contributed by atoms with Gasteiger partial charge in [-0.15, -0.1) is 0 Å². The van der Waals surface area contributed by atoms with Crippen molar-refractivity contribution in [2.24, 2.45) is 17.6 Å². The van der Waals surface area contributed by atoms with E-state index < -0.39 is 0 Å². The number of hydrogen-bond acceptors (Lipinski definition) is 2. The van der Waals surface area contributed by atoms with Crippen LogP contribution in [-0.4, -0.2) is 13.2 Å². The third-order valence-corrected chi connectivity index (χ3v) is 5.18. The molecule has 0 heterocycles. The van der Waals surface area contributed by atoms with E-state index in [0.29, 0.717) is 5.92 Å². The summed E-state index contributed by atoms with van der Waals surface area (Å²) < 4.78 is 5.53. The predicted molar refractivity (Wildman–Crippen MR) is 85.5 cm³/mol. The van der Waals surface area contributed by atoms with E-state index in [1.807, 2.05) is 18.2 Å². The Morgan fingerprint density at radius 2 is 2.00 bits per heavy atom. The molecule has 1 aromatic carbocycles. The number of rotatable bonds is 3. The van der Waals surface area contributed by atoms with E-state index in [-0.39, 0.29) is 11.5 Å². The van der Waals surface area contributed by atoms with E-state index in [9.17, 15) is 0 Å². The lowest BCUT2D eigenvalue weighted by Crippen LogP contribution is -2.45. The van der Waals surface area contributed by atoms with Gasteiger partial charge in [0.1, 0.15) is 5.75 Å². The zero-order chi connectivity index (χ0) is 14.9. The second kappa shape index (κ2) is 5.95. The standard InChI is InChI=1S/C17H26ClNO/c1-11-5-7-13(15(19)9-11)17(2,3)14-10-12(18)6-8-16(14)20-4/h6,8,10-11,13,15H,5,7,9,19H2,1-4H3. The van der Waals surface area contributed by atoms with Crippen LogP contribution in [0.5, 0.6) is 5.75 Å². The van der Waals surface area contributed by atoms with Crippen LogP contribution in [0.2, 0.25) is 5.02 Å². The molecule has 1 aromatic rings. The van der Waals surface area contributed by atoms with Gasteiger partial charge >= 0.3 is 0 Å². The highest BCUT2D eigenvalue weighted by Crippen LogP contribution is 2.45. The van der Waals surface area contributed by atoms with Crippen LogP contribution < -0.4 is 10.5 Å². The van der Waals surface area contributed by atoms with Crippen LogP contribution in [0.1, 0.15) is 45.6 Å². The molecule has 0 amide bonds. The van der Waals surface area contributed by atoms with Crippen molar-refractivity contribution in [1.29, 1.82) is 0 Å². The van der Waals surface area contributed by atoms with E-state index in [1.54, 1.807) is 7.11 Å². The topological polar surface area (TPSA) is 35.2 Å². The van der Waals surface area contributed by atoms with Gasteiger partial charge in [-0.05, 0) is 48.3 Å². The highest BCUT2D eigenvalue weighted by molar-refractivity contribution is 6.30. The average Bonchev–Trinajstić information content (AvgIpc) is 2.38. The molecule has 1 aliphatic carbocycles. The van der Waals surface area contributed by atoms with Gasteiger partial charge < -0.3 is 10.5 Å². The number of hydrogen-bond donors (Lipinski definition) is 1. The molecule has 1 fully saturated rings. The van der Waals surface area contributed by atoms with E-state index in [2.05, 4.69) is 20.8 Å². The van der Waals surface area contributed by atoms with E-state index >= 15 is 0 Å². The summed E-state index contributed by atoms with van der Waals surface area (Å²) >= 11 is 6.19. The Bertz CT molecular complexity index is 472. The number of nitrogens with two attached hydrogens (primary N) is 1. The third kappa shape index (κ3) is 2.96. The van der Waals surface area contributed by atoms with Crippen LogP contribution in [0.4, 0.5) is 0 Å². The summed E-state index contributed by atoms with van der Waals surface area (Å²) in [5.74, 6) is 2.11. The molecular formula is C17H26ClNO. The fraction of sp³-hybridized carbons (Fsp3) is 0.647. The molecule has 1 saturated carbocycles. The minimum absolute atomic E-state index is 0.0319. The first-order valence-electron chi connectivity index (χ1n) is 7.46. The number of benzene rings is 1. The van der Waals surface area contributed by atoms with E-state index in [4.69, 9.17) is 22.1 Å². The van der Waals surface area contributed by atoms with Crippen LogP contribution in [-0.2, 0) is 5.41 Å². The molecule has 0 saturated heterocycles. The average molecular weight is 296 g/mol. The van der Waals surface area contributed by atoms with Gasteiger partial charge in [0.25, 0.3) is 0 Å². The van der Waals surface area contributed by atoms with Crippen molar-refractivity contribution in [3.05, 3.63) is 28.8 Å². The molecule has 0 aliphatic heterocycles. The quantitative estimate of drug-likeness (QED) is 0.897. The lowest BCUT2D eigenvalue weighted by Gasteiger charge is -2.43. The molecule has 0 radical (unpaired) electrons.